The van der Waals surface area contributed by atoms with Gasteiger partial charge in [0, 0.05) is 35.7 Å². The zero-order valence-corrected chi connectivity index (χ0v) is 17.2. The fourth-order valence-corrected chi connectivity index (χ4v) is 6.84. The van der Waals surface area contributed by atoms with Crippen molar-refractivity contribution in [3.8, 4) is 0 Å². The van der Waals surface area contributed by atoms with Crippen LogP contribution in [0.5, 0.6) is 0 Å². The quantitative estimate of drug-likeness (QED) is 0.821. The van der Waals surface area contributed by atoms with Gasteiger partial charge in [0.15, 0.2) is 0 Å². The van der Waals surface area contributed by atoms with E-state index in [-0.39, 0.29) is 10.8 Å². The van der Waals surface area contributed by atoms with Gasteiger partial charge in [0.2, 0.25) is 10.0 Å². The summed E-state index contributed by atoms with van der Waals surface area (Å²) in [4.78, 5) is 13.5. The number of hydrogen-bond acceptors (Lipinski definition) is 5. The van der Waals surface area contributed by atoms with Crippen molar-refractivity contribution < 1.29 is 13.2 Å². The largest absolute Gasteiger partial charge is 0.354 e. The van der Waals surface area contributed by atoms with E-state index in [0.717, 1.165) is 24.2 Å². The van der Waals surface area contributed by atoms with Crippen molar-refractivity contribution in [1.29, 1.82) is 0 Å². The lowest BCUT2D eigenvalue weighted by Gasteiger charge is -2.30. The standard InChI is InChI=1S/C18H22N2O3S3/c1-13-4-3-5-15(10-13)25-14-6-8-20(9-7-14)26(22,23)16-11-17(24-12-16)18(21)19-2/h3-5,10-12,14H,6-9H2,1-2H3,(H,19,21). The molecule has 1 fully saturated rings. The fraction of sp³-hybridized carbons (Fsp3) is 0.389. The number of carbonyl (C=O) groups is 1. The molecule has 1 aliphatic heterocycles. The molecule has 3 rings (SSSR count). The van der Waals surface area contributed by atoms with E-state index in [0.29, 0.717) is 23.2 Å². The van der Waals surface area contributed by atoms with E-state index >= 15 is 0 Å². The average Bonchev–Trinajstić information content (AvgIpc) is 3.12. The molecule has 26 heavy (non-hydrogen) atoms. The summed E-state index contributed by atoms with van der Waals surface area (Å²) < 4.78 is 27.2. The molecular weight excluding hydrogens is 388 g/mol. The van der Waals surface area contributed by atoms with E-state index in [4.69, 9.17) is 0 Å². The third kappa shape index (κ3) is 4.31. The van der Waals surface area contributed by atoms with Crippen LogP contribution < -0.4 is 5.32 Å². The van der Waals surface area contributed by atoms with E-state index in [1.165, 1.54) is 27.9 Å². The molecule has 0 saturated carbocycles. The second-order valence-electron chi connectivity index (χ2n) is 6.26. The number of carbonyl (C=O) groups excluding carboxylic acids is 1. The van der Waals surface area contributed by atoms with Gasteiger partial charge in [-0.25, -0.2) is 8.42 Å². The molecule has 2 heterocycles. The number of aryl methyl sites for hydroxylation is 1. The Bertz CT molecular complexity index is 885. The Kier molecular flexibility index (Phi) is 6.06. The maximum atomic E-state index is 12.8. The molecule has 1 aromatic carbocycles. The van der Waals surface area contributed by atoms with Crippen LogP contribution in [0.25, 0.3) is 0 Å². The number of thiophene rings is 1. The Morgan fingerprint density at radius 2 is 2.00 bits per heavy atom. The van der Waals surface area contributed by atoms with Crippen molar-refractivity contribution >= 4 is 39.0 Å². The zero-order valence-electron chi connectivity index (χ0n) is 14.8. The number of nitrogens with one attached hydrogen (secondary N) is 1. The lowest BCUT2D eigenvalue weighted by molar-refractivity contribution is 0.0967. The predicted octanol–water partition coefficient (Wildman–Crippen LogP) is 3.36. The molecule has 1 N–H and O–H groups in total. The van der Waals surface area contributed by atoms with Gasteiger partial charge in [-0.1, -0.05) is 17.7 Å². The van der Waals surface area contributed by atoms with Crippen LogP contribution in [0.1, 0.15) is 28.1 Å². The Balaban J connectivity index is 1.63. The third-order valence-electron chi connectivity index (χ3n) is 4.36. The molecule has 5 nitrogen and oxygen atoms in total. The highest BCUT2D eigenvalue weighted by atomic mass is 32.2. The lowest BCUT2D eigenvalue weighted by Crippen LogP contribution is -2.39. The number of benzene rings is 1. The molecule has 0 unspecified atom stereocenters. The van der Waals surface area contributed by atoms with Gasteiger partial charge in [0.1, 0.15) is 0 Å². The van der Waals surface area contributed by atoms with E-state index in [1.807, 2.05) is 11.8 Å². The Morgan fingerprint density at radius 3 is 2.65 bits per heavy atom. The SMILES string of the molecule is CNC(=O)c1cc(S(=O)(=O)N2CCC(Sc3cccc(C)c3)CC2)cs1. The van der Waals surface area contributed by atoms with Gasteiger partial charge in [-0.2, -0.15) is 4.31 Å². The topological polar surface area (TPSA) is 66.5 Å². The maximum absolute atomic E-state index is 12.8. The van der Waals surface area contributed by atoms with Gasteiger partial charge in [-0.05, 0) is 38.0 Å². The smallest absolute Gasteiger partial charge is 0.261 e. The summed E-state index contributed by atoms with van der Waals surface area (Å²) in [6.07, 6.45) is 1.65. The second-order valence-corrected chi connectivity index (χ2v) is 10.5. The summed E-state index contributed by atoms with van der Waals surface area (Å²) in [5.41, 5.74) is 1.24. The highest BCUT2D eigenvalue weighted by Gasteiger charge is 2.30. The van der Waals surface area contributed by atoms with E-state index in [2.05, 4.69) is 36.5 Å². The average molecular weight is 411 g/mol. The van der Waals surface area contributed by atoms with Crippen molar-refractivity contribution in [2.45, 2.75) is 34.8 Å². The Hall–Kier alpha value is -1.35. The second kappa shape index (κ2) is 8.12. The van der Waals surface area contributed by atoms with E-state index < -0.39 is 10.0 Å². The van der Waals surface area contributed by atoms with Crippen molar-refractivity contribution in [1.82, 2.24) is 9.62 Å². The summed E-state index contributed by atoms with van der Waals surface area (Å²) in [5.74, 6) is -0.260. The lowest BCUT2D eigenvalue weighted by atomic mass is 10.2. The summed E-state index contributed by atoms with van der Waals surface area (Å²) in [6, 6.07) is 9.86. The number of piperidine rings is 1. The Labute approximate surface area is 162 Å². The van der Waals surface area contributed by atoms with Crippen molar-refractivity contribution in [3.63, 3.8) is 0 Å². The molecule has 0 atom stereocenters. The molecule has 140 valence electrons. The first-order chi connectivity index (χ1) is 12.4. The summed E-state index contributed by atoms with van der Waals surface area (Å²) in [7, 11) is -2.00. The fourth-order valence-electron chi connectivity index (χ4n) is 2.92. The zero-order chi connectivity index (χ0) is 18.7. The van der Waals surface area contributed by atoms with Crippen LogP contribution in [0.3, 0.4) is 0 Å². The van der Waals surface area contributed by atoms with Gasteiger partial charge in [-0.15, -0.1) is 23.1 Å². The highest BCUT2D eigenvalue weighted by molar-refractivity contribution is 8.00. The minimum Gasteiger partial charge on any atom is -0.354 e. The predicted molar refractivity (Wildman–Crippen MR) is 107 cm³/mol. The van der Waals surface area contributed by atoms with Crippen LogP contribution in [0.2, 0.25) is 0 Å². The molecule has 0 spiro atoms. The Morgan fingerprint density at radius 1 is 1.27 bits per heavy atom. The normalized spacial score (nSPS) is 16.5. The molecule has 8 heteroatoms. The number of rotatable bonds is 5. The summed E-state index contributed by atoms with van der Waals surface area (Å²) in [5, 5.41) is 4.49. The first kappa shape index (κ1) is 19.4. The molecule has 1 aliphatic rings. The van der Waals surface area contributed by atoms with E-state index in [9.17, 15) is 13.2 Å². The molecule has 0 radical (unpaired) electrons. The number of sulfonamides is 1. The van der Waals surface area contributed by atoms with Crippen LogP contribution >= 0.6 is 23.1 Å². The van der Waals surface area contributed by atoms with Crippen molar-refractivity contribution in [3.05, 3.63) is 46.2 Å². The van der Waals surface area contributed by atoms with Crippen molar-refractivity contribution in [2.24, 2.45) is 0 Å². The number of hydrogen-bond donors (Lipinski definition) is 1. The molecular formula is C18H22N2O3S3. The van der Waals surface area contributed by atoms with Gasteiger partial charge in [0.05, 0.1) is 9.77 Å². The van der Waals surface area contributed by atoms with Crippen LogP contribution in [0.4, 0.5) is 0 Å². The number of amides is 1. The highest BCUT2D eigenvalue weighted by Crippen LogP contribution is 2.33. The minimum atomic E-state index is -3.53. The van der Waals surface area contributed by atoms with Gasteiger partial charge in [0.25, 0.3) is 5.91 Å². The van der Waals surface area contributed by atoms with Crippen LogP contribution in [0.15, 0.2) is 45.5 Å². The first-order valence-electron chi connectivity index (χ1n) is 8.44. The monoisotopic (exact) mass is 410 g/mol. The molecule has 1 aromatic heterocycles. The molecule has 0 aliphatic carbocycles. The van der Waals surface area contributed by atoms with Gasteiger partial charge < -0.3 is 5.32 Å². The maximum Gasteiger partial charge on any atom is 0.261 e. The van der Waals surface area contributed by atoms with Crippen molar-refractivity contribution in [2.75, 3.05) is 20.1 Å². The first-order valence-corrected chi connectivity index (χ1v) is 11.6. The minimum absolute atomic E-state index is 0.214. The van der Waals surface area contributed by atoms with Crippen LogP contribution in [0, 0.1) is 6.92 Å². The van der Waals surface area contributed by atoms with E-state index in [1.54, 1.807) is 5.38 Å². The molecule has 1 amide bonds. The number of nitrogens with zero attached hydrogens (tertiary/aromatic N) is 1. The van der Waals surface area contributed by atoms with Gasteiger partial charge in [-0.3, -0.25) is 4.79 Å². The summed E-state index contributed by atoms with van der Waals surface area (Å²) in [6.45, 7) is 3.10. The molecule has 1 saturated heterocycles. The summed E-state index contributed by atoms with van der Waals surface area (Å²) >= 11 is 2.98. The van der Waals surface area contributed by atoms with Crippen LogP contribution in [-0.4, -0.2) is 44.0 Å². The number of thioether (sulfide) groups is 1. The molecule has 0 bridgehead atoms. The van der Waals surface area contributed by atoms with Crippen LogP contribution in [-0.2, 0) is 10.0 Å². The third-order valence-corrected chi connectivity index (χ3v) is 8.64. The van der Waals surface area contributed by atoms with Gasteiger partial charge >= 0.3 is 0 Å². The molecule has 2 aromatic rings.